The molecule has 0 aromatic heterocycles. The lowest BCUT2D eigenvalue weighted by atomic mass is 9.95. The topological polar surface area (TPSA) is 95.5 Å². The summed E-state index contributed by atoms with van der Waals surface area (Å²) >= 11 is 0. The molecule has 0 aliphatic carbocycles. The first-order chi connectivity index (χ1) is 16.7. The molecule has 35 heavy (non-hydrogen) atoms. The van der Waals surface area contributed by atoms with E-state index in [4.69, 9.17) is 4.74 Å². The van der Waals surface area contributed by atoms with Crippen molar-refractivity contribution < 1.29 is 14.6 Å². The number of nitrogens with zero attached hydrogens (tertiary/aromatic N) is 2. The first-order valence-electron chi connectivity index (χ1n) is 11.0. The molecule has 0 aliphatic rings. The van der Waals surface area contributed by atoms with Gasteiger partial charge in [0.25, 0.3) is 11.4 Å². The molecule has 0 saturated heterocycles. The number of non-ortho nitro benzene ring substituents is 2. The molecular formula is C28H24N2O5. The number of hydrogen-bond donors (Lipinski definition) is 0. The lowest BCUT2D eigenvalue weighted by Crippen LogP contribution is -1.97. The molecule has 0 fully saturated rings. The summed E-state index contributed by atoms with van der Waals surface area (Å²) < 4.78 is 6.36. The molecule has 0 N–H and O–H groups in total. The summed E-state index contributed by atoms with van der Waals surface area (Å²) in [5.74, 6) is 0.842. The van der Waals surface area contributed by atoms with Gasteiger partial charge in [0.05, 0.1) is 9.85 Å². The van der Waals surface area contributed by atoms with E-state index >= 15 is 0 Å². The van der Waals surface area contributed by atoms with Gasteiger partial charge in [0.15, 0.2) is 0 Å². The zero-order valence-corrected chi connectivity index (χ0v) is 19.9. The summed E-state index contributed by atoms with van der Waals surface area (Å²) in [5.41, 5.74) is 6.75. The minimum Gasteiger partial charge on any atom is -0.456 e. The van der Waals surface area contributed by atoms with Crippen molar-refractivity contribution in [3.63, 3.8) is 0 Å². The van der Waals surface area contributed by atoms with E-state index in [1.54, 1.807) is 12.1 Å². The Kier molecular flexibility index (Phi) is 6.34. The molecule has 4 aromatic rings. The Balaban J connectivity index is 1.92. The zero-order chi connectivity index (χ0) is 25.3. The second kappa shape index (κ2) is 9.38. The Bertz CT molecular complexity index is 1370. The molecule has 0 unspecified atom stereocenters. The van der Waals surface area contributed by atoms with Gasteiger partial charge in [-0.2, -0.15) is 0 Å². The van der Waals surface area contributed by atoms with Gasteiger partial charge < -0.3 is 4.74 Å². The predicted octanol–water partition coefficient (Wildman–Crippen LogP) is 7.86. The van der Waals surface area contributed by atoms with Crippen LogP contribution in [0.5, 0.6) is 11.5 Å². The van der Waals surface area contributed by atoms with Gasteiger partial charge in [-0.25, -0.2) is 0 Å². The Morgan fingerprint density at radius 1 is 0.571 bits per heavy atom. The highest BCUT2D eigenvalue weighted by Crippen LogP contribution is 2.42. The van der Waals surface area contributed by atoms with Crippen molar-refractivity contribution in [2.75, 3.05) is 0 Å². The van der Waals surface area contributed by atoms with Gasteiger partial charge in [0.1, 0.15) is 11.5 Å². The molecule has 0 radical (unpaired) electrons. The summed E-state index contributed by atoms with van der Waals surface area (Å²) in [6.07, 6.45) is 0. The first kappa shape index (κ1) is 23.6. The molecule has 7 heteroatoms. The summed E-state index contributed by atoms with van der Waals surface area (Å²) in [5, 5.41) is 23.0. The highest BCUT2D eigenvalue weighted by Gasteiger charge is 2.20. The molecule has 0 saturated carbocycles. The van der Waals surface area contributed by atoms with E-state index in [0.717, 1.165) is 33.4 Å². The van der Waals surface area contributed by atoms with Gasteiger partial charge in [-0.05, 0) is 73.2 Å². The van der Waals surface area contributed by atoms with Crippen LogP contribution in [0, 0.1) is 47.9 Å². The predicted molar refractivity (Wildman–Crippen MR) is 136 cm³/mol. The number of nitro groups is 2. The number of hydrogen-bond acceptors (Lipinski definition) is 5. The Morgan fingerprint density at radius 2 is 0.971 bits per heavy atom. The highest BCUT2D eigenvalue weighted by molar-refractivity contribution is 5.79. The van der Waals surface area contributed by atoms with E-state index in [1.165, 1.54) is 24.3 Å². The van der Waals surface area contributed by atoms with Crippen molar-refractivity contribution in [1.82, 2.24) is 0 Å². The van der Waals surface area contributed by atoms with Gasteiger partial charge in [0.2, 0.25) is 0 Å². The monoisotopic (exact) mass is 468 g/mol. The quantitative estimate of drug-likeness (QED) is 0.212. The van der Waals surface area contributed by atoms with Crippen LogP contribution in [0.15, 0.2) is 72.8 Å². The fourth-order valence-corrected chi connectivity index (χ4v) is 4.07. The van der Waals surface area contributed by atoms with Crippen LogP contribution in [0.3, 0.4) is 0 Å². The Labute approximate surface area is 202 Å². The first-order valence-corrected chi connectivity index (χ1v) is 11.0. The van der Waals surface area contributed by atoms with Gasteiger partial charge in [0, 0.05) is 35.4 Å². The minimum absolute atomic E-state index is 0.0493. The Morgan fingerprint density at radius 3 is 1.34 bits per heavy atom. The second-order valence-electron chi connectivity index (χ2n) is 8.47. The molecule has 0 heterocycles. The van der Waals surface area contributed by atoms with E-state index in [2.05, 4.69) is 0 Å². The number of benzene rings is 4. The Hall–Kier alpha value is -4.52. The van der Waals surface area contributed by atoms with Crippen LogP contribution >= 0.6 is 0 Å². The largest absolute Gasteiger partial charge is 0.456 e. The van der Waals surface area contributed by atoms with E-state index < -0.39 is 9.85 Å². The van der Waals surface area contributed by atoms with Crippen LogP contribution in [0.25, 0.3) is 22.3 Å². The van der Waals surface area contributed by atoms with Gasteiger partial charge in [-0.3, -0.25) is 20.2 Å². The maximum Gasteiger partial charge on any atom is 0.270 e. The van der Waals surface area contributed by atoms with Gasteiger partial charge in [-0.1, -0.05) is 36.4 Å². The number of ether oxygens (including phenoxy) is 1. The van der Waals surface area contributed by atoms with Crippen LogP contribution < -0.4 is 4.74 Å². The standard InChI is InChI=1S/C28H24N2O5/c1-17-7-5-9-23(19(17)3)25-15-21(29(31)32)11-13-27(25)35-28-14-12-22(30(33)34)16-26(28)24-10-6-8-18(2)20(24)4/h5-16H,1-4H3. The molecule has 0 amide bonds. The van der Waals surface area contributed by atoms with Crippen LogP contribution in [-0.4, -0.2) is 9.85 Å². The summed E-state index contributed by atoms with van der Waals surface area (Å²) in [7, 11) is 0. The summed E-state index contributed by atoms with van der Waals surface area (Å²) in [6, 6.07) is 20.5. The number of nitro benzene ring substituents is 2. The van der Waals surface area contributed by atoms with Crippen molar-refractivity contribution >= 4 is 11.4 Å². The van der Waals surface area contributed by atoms with E-state index in [9.17, 15) is 20.2 Å². The van der Waals surface area contributed by atoms with Crippen molar-refractivity contribution in [2.45, 2.75) is 27.7 Å². The molecule has 176 valence electrons. The van der Waals surface area contributed by atoms with Crippen molar-refractivity contribution in [2.24, 2.45) is 0 Å². The van der Waals surface area contributed by atoms with Crippen molar-refractivity contribution in [3.8, 4) is 33.8 Å². The molecule has 0 atom stereocenters. The van der Waals surface area contributed by atoms with E-state index in [1.807, 2.05) is 64.1 Å². The average Bonchev–Trinajstić information content (AvgIpc) is 2.83. The SMILES string of the molecule is Cc1cccc(-c2cc([N+](=O)[O-])ccc2Oc2ccc([N+](=O)[O-])cc2-c2cccc(C)c2C)c1C. The van der Waals surface area contributed by atoms with Gasteiger partial charge in [-0.15, -0.1) is 0 Å². The third kappa shape index (κ3) is 4.61. The van der Waals surface area contributed by atoms with Crippen molar-refractivity contribution in [3.05, 3.63) is 115 Å². The second-order valence-corrected chi connectivity index (χ2v) is 8.47. The fourth-order valence-electron chi connectivity index (χ4n) is 4.07. The molecule has 4 rings (SSSR count). The lowest BCUT2D eigenvalue weighted by Gasteiger charge is -2.17. The van der Waals surface area contributed by atoms with Crippen LogP contribution in [0.1, 0.15) is 22.3 Å². The third-order valence-electron chi connectivity index (χ3n) is 6.36. The average molecular weight is 469 g/mol. The number of rotatable bonds is 6. The van der Waals surface area contributed by atoms with E-state index in [-0.39, 0.29) is 11.4 Å². The third-order valence-corrected chi connectivity index (χ3v) is 6.36. The maximum atomic E-state index is 11.5. The van der Waals surface area contributed by atoms with Crippen LogP contribution in [-0.2, 0) is 0 Å². The van der Waals surface area contributed by atoms with Crippen LogP contribution in [0.2, 0.25) is 0 Å². The highest BCUT2D eigenvalue weighted by atomic mass is 16.6. The normalized spacial score (nSPS) is 10.7. The van der Waals surface area contributed by atoms with E-state index in [0.29, 0.717) is 22.6 Å². The fraction of sp³-hybridized carbons (Fsp3) is 0.143. The van der Waals surface area contributed by atoms with Gasteiger partial charge >= 0.3 is 0 Å². The molecular weight excluding hydrogens is 444 g/mol. The molecule has 0 bridgehead atoms. The van der Waals surface area contributed by atoms with Crippen LogP contribution in [0.4, 0.5) is 11.4 Å². The molecule has 7 nitrogen and oxygen atoms in total. The summed E-state index contributed by atoms with van der Waals surface area (Å²) in [6.45, 7) is 7.87. The zero-order valence-electron chi connectivity index (χ0n) is 19.9. The maximum absolute atomic E-state index is 11.5. The lowest BCUT2D eigenvalue weighted by molar-refractivity contribution is -0.385. The minimum atomic E-state index is -0.439. The molecule has 0 spiro atoms. The van der Waals surface area contributed by atoms with Crippen molar-refractivity contribution in [1.29, 1.82) is 0 Å². The molecule has 0 aliphatic heterocycles. The number of aryl methyl sites for hydroxylation is 2. The summed E-state index contributed by atoms with van der Waals surface area (Å²) in [4.78, 5) is 22.2. The smallest absolute Gasteiger partial charge is 0.270 e. The molecule has 4 aromatic carbocycles.